The number of aryl methyl sites for hydroxylation is 2. The molecule has 3 atom stereocenters. The summed E-state index contributed by atoms with van der Waals surface area (Å²) in [5.41, 5.74) is 5.37. The van der Waals surface area contributed by atoms with E-state index >= 15 is 8.78 Å². The van der Waals surface area contributed by atoms with Crippen LogP contribution in [0.4, 0.5) is 14.5 Å². The molecule has 5 heterocycles. The molecule has 0 unspecified atom stereocenters. The molecule has 2 amide bonds. The van der Waals surface area contributed by atoms with Crippen molar-refractivity contribution in [2.45, 2.75) is 50.7 Å². The number of aliphatic hydroxyl groups is 1. The van der Waals surface area contributed by atoms with Crippen LogP contribution in [0.3, 0.4) is 0 Å². The van der Waals surface area contributed by atoms with E-state index in [0.717, 1.165) is 32.6 Å². The highest BCUT2D eigenvalue weighted by atomic mass is 32.1. The van der Waals surface area contributed by atoms with E-state index in [1.807, 2.05) is 55.5 Å². The number of nitrogen functional groups attached to an aromatic ring is 1. The summed E-state index contributed by atoms with van der Waals surface area (Å²) >= 11 is 1.28. The first kappa shape index (κ1) is 38.2. The lowest BCUT2D eigenvalue weighted by Crippen LogP contribution is -2.64. The number of hydrogen-bond donors (Lipinski definition) is 2. The number of hydrogen-bond acceptors (Lipinski definition) is 11. The lowest BCUT2D eigenvalue weighted by Gasteiger charge is -2.46. The molecule has 3 aromatic heterocycles. The zero-order chi connectivity index (χ0) is 39.8. The van der Waals surface area contributed by atoms with Gasteiger partial charge >= 0.3 is 0 Å². The van der Waals surface area contributed by atoms with Crippen molar-refractivity contribution in [2.24, 2.45) is 5.92 Å². The van der Waals surface area contributed by atoms with Crippen molar-refractivity contribution in [3.63, 3.8) is 0 Å². The molecule has 2 aromatic carbocycles. The van der Waals surface area contributed by atoms with Crippen LogP contribution in [0.15, 0.2) is 84.0 Å². The number of nitrogens with two attached hydrogens (primary N) is 1. The molecule has 0 aliphatic carbocycles. The van der Waals surface area contributed by atoms with E-state index in [1.54, 1.807) is 18.0 Å². The summed E-state index contributed by atoms with van der Waals surface area (Å²) in [6.07, 6.45) is 2.39. The Kier molecular flexibility index (Phi) is 10.4. The standard InChI is InChI=1S/C40H38F2N8O5S/c1-24-8-11-28(19-45-24)35-47-25(2)33(56-35)38(53)48-16-14-30(31(20-48)27-6-4-3-5-7-27)36(51)49-17-15-39(54,40(41,42)22-49)21-50-23-46-34(32(44)37(50)52)55-29-12-9-26(18-43)10-13-29/h3-13,19,23,30-31,54H,14-17,20-22,44H2,1-2H3/t30-,31+,39+/m1/s1. The number of aromatic nitrogens is 4. The van der Waals surface area contributed by atoms with Crippen molar-refractivity contribution in [1.82, 2.24) is 29.3 Å². The van der Waals surface area contributed by atoms with Gasteiger partial charge in [0.2, 0.25) is 11.8 Å². The van der Waals surface area contributed by atoms with Gasteiger partial charge in [0, 0.05) is 55.3 Å². The fourth-order valence-electron chi connectivity index (χ4n) is 7.19. The van der Waals surface area contributed by atoms with E-state index in [2.05, 4.69) is 15.0 Å². The van der Waals surface area contributed by atoms with Crippen LogP contribution in [-0.2, 0) is 11.3 Å². The average molecular weight is 781 g/mol. The summed E-state index contributed by atoms with van der Waals surface area (Å²) in [7, 11) is 0. The summed E-state index contributed by atoms with van der Waals surface area (Å²) in [6, 6.07) is 20.9. The van der Waals surface area contributed by atoms with Crippen LogP contribution in [0.25, 0.3) is 10.6 Å². The van der Waals surface area contributed by atoms with Gasteiger partial charge in [0.15, 0.2) is 5.69 Å². The zero-order valence-corrected chi connectivity index (χ0v) is 31.4. The third-order valence-corrected chi connectivity index (χ3v) is 11.6. The van der Waals surface area contributed by atoms with Gasteiger partial charge in [0.25, 0.3) is 17.4 Å². The Bertz CT molecular complexity index is 2370. The maximum atomic E-state index is 16.0. The predicted molar refractivity (Wildman–Crippen MR) is 203 cm³/mol. The quantitative estimate of drug-likeness (QED) is 0.213. The van der Waals surface area contributed by atoms with Gasteiger partial charge in [0.05, 0.1) is 30.4 Å². The lowest BCUT2D eigenvalue weighted by molar-refractivity contribution is -0.223. The van der Waals surface area contributed by atoms with E-state index in [4.69, 9.17) is 15.7 Å². The Morgan fingerprint density at radius 2 is 1.80 bits per heavy atom. The second kappa shape index (κ2) is 15.2. The third-order valence-electron chi connectivity index (χ3n) is 10.4. The molecule has 3 N–H and O–H groups in total. The van der Waals surface area contributed by atoms with Crippen molar-refractivity contribution in [2.75, 3.05) is 31.9 Å². The number of benzene rings is 2. The number of likely N-dealkylation sites (tertiary alicyclic amines) is 2. The number of rotatable bonds is 8. The monoisotopic (exact) mass is 780 g/mol. The average Bonchev–Trinajstić information content (AvgIpc) is 3.60. The SMILES string of the molecule is Cc1ccc(-c2nc(C)c(C(=O)N3CC[C@@H](C(=O)N4CC[C@](O)(Cn5cnc(Oc6ccc(C#N)cc6)c(N)c5=O)C(F)(F)C4)[C@H](c4ccccc4)C3)s2)cn1. The molecule has 7 rings (SSSR count). The number of halogens is 2. The highest BCUT2D eigenvalue weighted by Crippen LogP contribution is 2.41. The van der Waals surface area contributed by atoms with E-state index in [0.29, 0.717) is 21.1 Å². The molecule has 0 saturated carbocycles. The molecule has 2 fully saturated rings. The molecule has 2 aliphatic heterocycles. The van der Waals surface area contributed by atoms with Gasteiger partial charge in [-0.2, -0.15) is 5.26 Å². The Balaban J connectivity index is 1.05. The summed E-state index contributed by atoms with van der Waals surface area (Å²) in [4.78, 5) is 57.5. The first-order chi connectivity index (χ1) is 26.8. The minimum Gasteiger partial charge on any atom is -0.437 e. The predicted octanol–water partition coefficient (Wildman–Crippen LogP) is 5.17. The molecule has 2 saturated heterocycles. The number of pyridine rings is 1. The molecule has 56 heavy (non-hydrogen) atoms. The van der Waals surface area contributed by atoms with Crippen LogP contribution < -0.4 is 16.0 Å². The summed E-state index contributed by atoms with van der Waals surface area (Å²) < 4.78 is 38.4. The number of anilines is 1. The maximum Gasteiger partial charge on any atom is 0.295 e. The van der Waals surface area contributed by atoms with E-state index in [9.17, 15) is 19.5 Å². The van der Waals surface area contributed by atoms with E-state index in [1.165, 1.54) is 35.6 Å². The topological polar surface area (TPSA) is 181 Å². The highest BCUT2D eigenvalue weighted by molar-refractivity contribution is 7.17. The van der Waals surface area contributed by atoms with Gasteiger partial charge in [-0.25, -0.2) is 18.7 Å². The van der Waals surface area contributed by atoms with Gasteiger partial charge < -0.3 is 25.4 Å². The number of thiazole rings is 1. The largest absolute Gasteiger partial charge is 0.437 e. The third kappa shape index (κ3) is 7.47. The number of nitriles is 1. The van der Waals surface area contributed by atoms with Crippen LogP contribution in [-0.4, -0.2) is 83.9 Å². The van der Waals surface area contributed by atoms with Crippen LogP contribution in [0.2, 0.25) is 0 Å². The van der Waals surface area contributed by atoms with Gasteiger partial charge in [-0.05, 0) is 62.2 Å². The van der Waals surface area contributed by atoms with Crippen molar-refractivity contribution in [3.05, 3.63) is 117 Å². The molecule has 2 aliphatic rings. The minimum absolute atomic E-state index is 0.189. The summed E-state index contributed by atoms with van der Waals surface area (Å²) in [6.45, 7) is 1.99. The number of ether oxygens (including phenoxy) is 1. The number of piperidine rings is 2. The van der Waals surface area contributed by atoms with Crippen LogP contribution >= 0.6 is 11.3 Å². The smallest absolute Gasteiger partial charge is 0.295 e. The molecule has 0 spiro atoms. The number of alkyl halides is 2. The lowest BCUT2D eigenvalue weighted by atomic mass is 9.78. The van der Waals surface area contributed by atoms with Gasteiger partial charge in [-0.15, -0.1) is 11.3 Å². The van der Waals surface area contributed by atoms with Gasteiger partial charge in [-0.3, -0.25) is 23.9 Å². The number of nitrogens with zero attached hydrogens (tertiary/aromatic N) is 7. The summed E-state index contributed by atoms with van der Waals surface area (Å²) in [5, 5.41) is 21.0. The maximum absolute atomic E-state index is 16.0. The molecule has 0 radical (unpaired) electrons. The van der Waals surface area contributed by atoms with E-state index < -0.39 is 60.0 Å². The molecule has 13 nitrogen and oxygen atoms in total. The number of carbonyl (C=O) groups excluding carboxylic acids is 2. The van der Waals surface area contributed by atoms with Crippen molar-refractivity contribution < 1.29 is 28.2 Å². The first-order valence-electron chi connectivity index (χ1n) is 17.9. The highest BCUT2D eigenvalue weighted by Gasteiger charge is 2.58. The van der Waals surface area contributed by atoms with Crippen LogP contribution in [0.1, 0.15) is 50.9 Å². The normalized spacial score (nSPS) is 20.6. The zero-order valence-electron chi connectivity index (χ0n) is 30.6. The number of amides is 2. The van der Waals surface area contributed by atoms with Crippen molar-refractivity contribution in [3.8, 4) is 28.3 Å². The minimum atomic E-state index is -3.82. The van der Waals surface area contributed by atoms with Gasteiger partial charge in [0.1, 0.15) is 27.6 Å². The Hall–Kier alpha value is -6.05. The fourth-order valence-corrected chi connectivity index (χ4v) is 8.21. The second-order valence-electron chi connectivity index (χ2n) is 14.2. The summed E-state index contributed by atoms with van der Waals surface area (Å²) in [5.74, 6) is -5.75. The molecule has 0 bridgehead atoms. The fraction of sp³-hybridized carbons (Fsp3) is 0.325. The number of carbonyl (C=O) groups is 2. The van der Waals surface area contributed by atoms with E-state index in [-0.39, 0.29) is 43.6 Å². The van der Waals surface area contributed by atoms with Crippen molar-refractivity contribution >= 4 is 28.8 Å². The molecular weight excluding hydrogens is 743 g/mol. The Morgan fingerprint density at radius 1 is 1.05 bits per heavy atom. The second-order valence-corrected chi connectivity index (χ2v) is 15.2. The Labute approximate surface area is 324 Å². The molecular formula is C40H38F2N8O5S. The first-order valence-corrected chi connectivity index (χ1v) is 18.7. The molecule has 288 valence electrons. The van der Waals surface area contributed by atoms with Crippen LogP contribution in [0, 0.1) is 31.1 Å². The molecule has 5 aromatic rings. The van der Waals surface area contributed by atoms with Gasteiger partial charge in [-0.1, -0.05) is 30.3 Å². The van der Waals surface area contributed by atoms with Crippen LogP contribution in [0.5, 0.6) is 11.6 Å². The van der Waals surface area contributed by atoms with Crippen molar-refractivity contribution in [1.29, 1.82) is 5.26 Å². The molecule has 16 heteroatoms. The Morgan fingerprint density at radius 3 is 2.48 bits per heavy atom.